The molecule has 1 heterocycles. The summed E-state index contributed by atoms with van der Waals surface area (Å²) in [6.07, 6.45) is 3.47. The first-order valence-corrected chi connectivity index (χ1v) is 9.81. The monoisotopic (exact) mass is 360 g/mol. The molecular formula is C21H32N2O3. The van der Waals surface area contributed by atoms with E-state index in [0.29, 0.717) is 18.8 Å². The van der Waals surface area contributed by atoms with Gasteiger partial charge in [0.25, 0.3) is 5.91 Å². The van der Waals surface area contributed by atoms with E-state index in [-0.39, 0.29) is 24.3 Å². The fourth-order valence-corrected chi connectivity index (χ4v) is 3.38. The largest absolute Gasteiger partial charge is 0.484 e. The minimum absolute atomic E-state index is 0.00422. The SMILES string of the molecule is CCCN(CCC)C(=O)C1CCN(C(=O)COc2ccc(C)cc2)CC1. The molecule has 0 N–H and O–H groups in total. The lowest BCUT2D eigenvalue weighted by molar-refractivity contribution is -0.141. The maximum atomic E-state index is 12.7. The highest BCUT2D eigenvalue weighted by Gasteiger charge is 2.29. The Labute approximate surface area is 157 Å². The molecule has 2 rings (SSSR count). The molecule has 1 aromatic rings. The van der Waals surface area contributed by atoms with Crippen LogP contribution in [0.25, 0.3) is 0 Å². The van der Waals surface area contributed by atoms with Crippen LogP contribution in [-0.4, -0.2) is 54.4 Å². The van der Waals surface area contributed by atoms with Crippen molar-refractivity contribution in [1.29, 1.82) is 0 Å². The summed E-state index contributed by atoms with van der Waals surface area (Å²) in [4.78, 5) is 28.9. The Hall–Kier alpha value is -2.04. The predicted octanol–water partition coefficient (Wildman–Crippen LogP) is 3.26. The van der Waals surface area contributed by atoms with Crippen LogP contribution in [0.15, 0.2) is 24.3 Å². The third kappa shape index (κ3) is 5.75. The van der Waals surface area contributed by atoms with Crippen molar-refractivity contribution in [3.8, 4) is 5.75 Å². The van der Waals surface area contributed by atoms with Crippen molar-refractivity contribution in [2.75, 3.05) is 32.8 Å². The quantitative estimate of drug-likeness (QED) is 0.715. The Morgan fingerprint density at radius 1 is 1.08 bits per heavy atom. The van der Waals surface area contributed by atoms with E-state index in [1.165, 1.54) is 0 Å². The molecule has 0 spiro atoms. The summed E-state index contributed by atoms with van der Waals surface area (Å²) in [5.74, 6) is 1.02. The average Bonchev–Trinajstić information content (AvgIpc) is 2.66. The number of hydrogen-bond donors (Lipinski definition) is 0. The number of piperidine rings is 1. The zero-order valence-electron chi connectivity index (χ0n) is 16.4. The van der Waals surface area contributed by atoms with Gasteiger partial charge in [0, 0.05) is 32.1 Å². The van der Waals surface area contributed by atoms with Crippen LogP contribution in [0, 0.1) is 12.8 Å². The molecule has 1 saturated heterocycles. The number of carbonyl (C=O) groups excluding carboxylic acids is 2. The van der Waals surface area contributed by atoms with Gasteiger partial charge in [-0.05, 0) is 44.7 Å². The molecule has 0 saturated carbocycles. The van der Waals surface area contributed by atoms with E-state index < -0.39 is 0 Å². The molecule has 5 nitrogen and oxygen atoms in total. The van der Waals surface area contributed by atoms with Gasteiger partial charge in [0.1, 0.15) is 5.75 Å². The molecule has 1 fully saturated rings. The number of rotatable bonds is 8. The summed E-state index contributed by atoms with van der Waals surface area (Å²) in [7, 11) is 0. The van der Waals surface area contributed by atoms with Crippen molar-refractivity contribution in [2.24, 2.45) is 5.92 Å². The summed E-state index contributed by atoms with van der Waals surface area (Å²) in [5.41, 5.74) is 1.16. The lowest BCUT2D eigenvalue weighted by atomic mass is 9.95. The number of amides is 2. The second-order valence-electron chi connectivity index (χ2n) is 7.08. The van der Waals surface area contributed by atoms with Gasteiger partial charge in [0.15, 0.2) is 6.61 Å². The van der Waals surface area contributed by atoms with Crippen molar-refractivity contribution >= 4 is 11.8 Å². The highest BCUT2D eigenvalue weighted by Crippen LogP contribution is 2.20. The molecule has 26 heavy (non-hydrogen) atoms. The summed E-state index contributed by atoms with van der Waals surface area (Å²) < 4.78 is 5.59. The van der Waals surface area contributed by atoms with Gasteiger partial charge in [0.2, 0.25) is 5.91 Å². The molecule has 144 valence electrons. The Bertz CT molecular complexity index is 571. The predicted molar refractivity (Wildman–Crippen MR) is 103 cm³/mol. The number of benzene rings is 1. The van der Waals surface area contributed by atoms with Crippen LogP contribution in [0.1, 0.15) is 45.1 Å². The van der Waals surface area contributed by atoms with Crippen LogP contribution < -0.4 is 4.74 Å². The maximum Gasteiger partial charge on any atom is 0.260 e. The van der Waals surface area contributed by atoms with E-state index in [1.54, 1.807) is 0 Å². The lowest BCUT2D eigenvalue weighted by Crippen LogP contribution is -2.46. The zero-order valence-corrected chi connectivity index (χ0v) is 16.4. The van der Waals surface area contributed by atoms with Gasteiger partial charge in [-0.2, -0.15) is 0 Å². The second kappa shape index (κ2) is 10.2. The molecule has 0 radical (unpaired) electrons. The van der Waals surface area contributed by atoms with E-state index in [2.05, 4.69) is 13.8 Å². The van der Waals surface area contributed by atoms with Crippen molar-refractivity contribution in [3.63, 3.8) is 0 Å². The summed E-state index contributed by atoms with van der Waals surface area (Å²) in [5, 5.41) is 0. The molecule has 1 aromatic carbocycles. The van der Waals surface area contributed by atoms with E-state index in [0.717, 1.165) is 44.3 Å². The molecule has 0 bridgehead atoms. The van der Waals surface area contributed by atoms with Crippen molar-refractivity contribution in [2.45, 2.75) is 46.5 Å². The highest BCUT2D eigenvalue weighted by atomic mass is 16.5. The number of nitrogens with zero attached hydrogens (tertiary/aromatic N) is 2. The van der Waals surface area contributed by atoms with Crippen molar-refractivity contribution in [1.82, 2.24) is 9.80 Å². The molecule has 1 aliphatic heterocycles. The summed E-state index contributed by atoms with van der Waals surface area (Å²) >= 11 is 0. The van der Waals surface area contributed by atoms with Gasteiger partial charge >= 0.3 is 0 Å². The van der Waals surface area contributed by atoms with Crippen LogP contribution in [0.4, 0.5) is 0 Å². The first kappa shape index (κ1) is 20.3. The molecule has 0 aromatic heterocycles. The standard InChI is InChI=1S/C21H32N2O3/c1-4-12-23(13-5-2)21(25)18-10-14-22(15-11-18)20(24)16-26-19-8-6-17(3)7-9-19/h6-9,18H,4-5,10-16H2,1-3H3. The average molecular weight is 360 g/mol. The Morgan fingerprint density at radius 3 is 2.19 bits per heavy atom. The molecular weight excluding hydrogens is 328 g/mol. The number of carbonyl (C=O) groups is 2. The molecule has 2 amide bonds. The fraction of sp³-hybridized carbons (Fsp3) is 0.619. The Balaban J connectivity index is 1.78. The van der Waals surface area contributed by atoms with Gasteiger partial charge < -0.3 is 14.5 Å². The van der Waals surface area contributed by atoms with Crippen LogP contribution in [0.5, 0.6) is 5.75 Å². The smallest absolute Gasteiger partial charge is 0.260 e. The van der Waals surface area contributed by atoms with Gasteiger partial charge in [0.05, 0.1) is 0 Å². The topological polar surface area (TPSA) is 49.9 Å². The van der Waals surface area contributed by atoms with Crippen molar-refractivity contribution < 1.29 is 14.3 Å². The second-order valence-corrected chi connectivity index (χ2v) is 7.08. The first-order valence-electron chi connectivity index (χ1n) is 9.81. The van der Waals surface area contributed by atoms with Gasteiger partial charge in [-0.15, -0.1) is 0 Å². The third-order valence-electron chi connectivity index (χ3n) is 4.88. The third-order valence-corrected chi connectivity index (χ3v) is 4.88. The summed E-state index contributed by atoms with van der Waals surface area (Å²) in [6, 6.07) is 7.69. The van der Waals surface area contributed by atoms with Gasteiger partial charge in [-0.25, -0.2) is 0 Å². The van der Waals surface area contributed by atoms with E-state index >= 15 is 0 Å². The van der Waals surface area contributed by atoms with E-state index in [1.807, 2.05) is 41.0 Å². The zero-order chi connectivity index (χ0) is 18.9. The molecule has 0 aliphatic carbocycles. The molecule has 5 heteroatoms. The highest BCUT2D eigenvalue weighted by molar-refractivity contribution is 5.80. The van der Waals surface area contributed by atoms with E-state index in [4.69, 9.17) is 4.74 Å². The lowest BCUT2D eigenvalue weighted by Gasteiger charge is -2.34. The Kier molecular flexibility index (Phi) is 7.95. The van der Waals surface area contributed by atoms with Crippen LogP contribution in [0.3, 0.4) is 0 Å². The molecule has 1 aliphatic rings. The minimum Gasteiger partial charge on any atom is -0.484 e. The first-order chi connectivity index (χ1) is 12.5. The maximum absolute atomic E-state index is 12.7. The Morgan fingerprint density at radius 2 is 1.65 bits per heavy atom. The van der Waals surface area contributed by atoms with Crippen LogP contribution in [-0.2, 0) is 9.59 Å². The number of aryl methyl sites for hydroxylation is 1. The summed E-state index contributed by atoms with van der Waals surface area (Å²) in [6.45, 7) is 9.21. The van der Waals surface area contributed by atoms with Gasteiger partial charge in [-0.1, -0.05) is 31.5 Å². The molecule has 0 unspecified atom stereocenters. The number of likely N-dealkylation sites (tertiary alicyclic amines) is 1. The minimum atomic E-state index is -0.00422. The fourth-order valence-electron chi connectivity index (χ4n) is 3.38. The molecule has 0 atom stereocenters. The van der Waals surface area contributed by atoms with Crippen molar-refractivity contribution in [3.05, 3.63) is 29.8 Å². The number of hydrogen-bond acceptors (Lipinski definition) is 3. The van der Waals surface area contributed by atoms with Crippen LogP contribution in [0.2, 0.25) is 0 Å². The van der Waals surface area contributed by atoms with E-state index in [9.17, 15) is 9.59 Å². The van der Waals surface area contributed by atoms with Gasteiger partial charge in [-0.3, -0.25) is 9.59 Å². The number of ether oxygens (including phenoxy) is 1. The normalized spacial score (nSPS) is 15.0. The van der Waals surface area contributed by atoms with Crippen LogP contribution >= 0.6 is 0 Å².